The van der Waals surface area contributed by atoms with Crippen LogP contribution in [0, 0.1) is 0 Å². The van der Waals surface area contributed by atoms with Crippen LogP contribution in [0.25, 0.3) is 10.8 Å². The lowest BCUT2D eigenvalue weighted by Gasteiger charge is -2.10. The topological polar surface area (TPSA) is 70.3 Å². The van der Waals surface area contributed by atoms with Crippen LogP contribution in [0.4, 0.5) is 5.82 Å². The highest BCUT2D eigenvalue weighted by atomic mass is 16.5. The largest absolute Gasteiger partial charge is 0.489 e. The Balaban J connectivity index is 1.99. The molecular weight excluding hydrogens is 254 g/mol. The van der Waals surface area contributed by atoms with Crippen LogP contribution in [0.15, 0.2) is 48.8 Å². The number of methoxy groups -OCH3 is 1. The maximum Gasteiger partial charge on any atom is 0.268 e. The van der Waals surface area contributed by atoms with Crippen molar-refractivity contribution >= 4 is 16.6 Å². The second-order valence-corrected chi connectivity index (χ2v) is 4.21. The van der Waals surface area contributed by atoms with Gasteiger partial charge in [-0.05, 0) is 22.9 Å². The van der Waals surface area contributed by atoms with E-state index in [2.05, 4.69) is 9.97 Å². The van der Waals surface area contributed by atoms with E-state index in [-0.39, 0.29) is 5.82 Å². The van der Waals surface area contributed by atoms with E-state index in [0.717, 1.165) is 10.8 Å². The Kier molecular flexibility index (Phi) is 3.09. The number of aromatic nitrogens is 2. The molecule has 1 heterocycles. The van der Waals surface area contributed by atoms with E-state index in [4.69, 9.17) is 15.2 Å². The fourth-order valence-corrected chi connectivity index (χ4v) is 1.98. The van der Waals surface area contributed by atoms with Crippen LogP contribution in [0.3, 0.4) is 0 Å². The maximum absolute atomic E-state index is 5.73. The fraction of sp³-hybridized carbons (Fsp3) is 0.0667. The molecule has 0 aliphatic carbocycles. The normalized spacial score (nSPS) is 10.4. The number of anilines is 1. The second-order valence-electron chi connectivity index (χ2n) is 4.21. The zero-order valence-electron chi connectivity index (χ0n) is 10.9. The molecular formula is C15H13N3O2. The fourth-order valence-electron chi connectivity index (χ4n) is 1.98. The van der Waals surface area contributed by atoms with Crippen molar-refractivity contribution < 1.29 is 9.47 Å². The number of rotatable bonds is 3. The van der Waals surface area contributed by atoms with Crippen molar-refractivity contribution in [3.05, 3.63) is 48.8 Å². The summed E-state index contributed by atoms with van der Waals surface area (Å²) >= 11 is 0. The quantitative estimate of drug-likeness (QED) is 0.789. The van der Waals surface area contributed by atoms with Gasteiger partial charge < -0.3 is 15.2 Å². The standard InChI is InChI=1S/C15H13N3O2/c1-19-13-14(16)17-9-18-15(13)20-12-7-6-10-4-2-3-5-11(10)8-12/h2-9H,1H3,(H2,16,17,18). The molecule has 5 nitrogen and oxygen atoms in total. The van der Waals surface area contributed by atoms with E-state index in [1.165, 1.54) is 13.4 Å². The van der Waals surface area contributed by atoms with Gasteiger partial charge in [-0.2, -0.15) is 4.98 Å². The van der Waals surface area contributed by atoms with Gasteiger partial charge in [0.15, 0.2) is 5.82 Å². The number of fused-ring (bicyclic) bond motifs is 1. The molecule has 5 heteroatoms. The molecule has 20 heavy (non-hydrogen) atoms. The molecule has 0 unspecified atom stereocenters. The lowest BCUT2D eigenvalue weighted by atomic mass is 10.1. The molecule has 0 saturated heterocycles. The Morgan fingerprint density at radius 2 is 1.80 bits per heavy atom. The number of benzene rings is 2. The highest BCUT2D eigenvalue weighted by Crippen LogP contribution is 2.33. The minimum Gasteiger partial charge on any atom is -0.489 e. The average Bonchev–Trinajstić information content (AvgIpc) is 2.47. The van der Waals surface area contributed by atoms with Crippen molar-refractivity contribution in [3.63, 3.8) is 0 Å². The van der Waals surface area contributed by atoms with E-state index in [1.54, 1.807) is 0 Å². The first-order valence-corrected chi connectivity index (χ1v) is 6.09. The third-order valence-electron chi connectivity index (χ3n) is 2.94. The number of nitrogens with two attached hydrogens (primary N) is 1. The van der Waals surface area contributed by atoms with Gasteiger partial charge in [0.05, 0.1) is 7.11 Å². The number of hydrogen-bond acceptors (Lipinski definition) is 5. The monoisotopic (exact) mass is 267 g/mol. The summed E-state index contributed by atoms with van der Waals surface area (Å²) in [5.74, 6) is 1.55. The smallest absolute Gasteiger partial charge is 0.268 e. The molecule has 0 radical (unpaired) electrons. The number of nitrogens with zero attached hydrogens (tertiary/aromatic N) is 2. The summed E-state index contributed by atoms with van der Waals surface area (Å²) < 4.78 is 10.9. The summed E-state index contributed by atoms with van der Waals surface area (Å²) in [6.07, 6.45) is 1.34. The van der Waals surface area contributed by atoms with E-state index < -0.39 is 0 Å². The van der Waals surface area contributed by atoms with Gasteiger partial charge in [-0.15, -0.1) is 0 Å². The predicted octanol–water partition coefficient (Wildman–Crippen LogP) is 3.01. The van der Waals surface area contributed by atoms with Crippen molar-refractivity contribution in [1.29, 1.82) is 0 Å². The summed E-state index contributed by atoms with van der Waals surface area (Å²) in [5.41, 5.74) is 5.72. The Bertz CT molecular complexity index is 759. The van der Waals surface area contributed by atoms with Crippen LogP contribution in [-0.2, 0) is 0 Å². The summed E-state index contributed by atoms with van der Waals surface area (Å²) in [4.78, 5) is 7.91. The SMILES string of the molecule is COc1c(N)ncnc1Oc1ccc2ccccc2c1. The van der Waals surface area contributed by atoms with E-state index in [0.29, 0.717) is 17.4 Å². The van der Waals surface area contributed by atoms with Crippen LogP contribution in [0.5, 0.6) is 17.4 Å². The molecule has 2 aromatic carbocycles. The van der Waals surface area contributed by atoms with Gasteiger partial charge in [0.2, 0.25) is 5.75 Å². The Labute approximate surface area is 116 Å². The first-order valence-electron chi connectivity index (χ1n) is 6.09. The second kappa shape index (κ2) is 5.05. The third-order valence-corrected chi connectivity index (χ3v) is 2.94. The van der Waals surface area contributed by atoms with Crippen molar-refractivity contribution in [3.8, 4) is 17.4 Å². The summed E-state index contributed by atoms with van der Waals surface area (Å²) in [6, 6.07) is 13.8. The molecule has 1 aromatic heterocycles. The molecule has 0 spiro atoms. The average molecular weight is 267 g/mol. The van der Waals surface area contributed by atoms with Crippen LogP contribution in [-0.4, -0.2) is 17.1 Å². The van der Waals surface area contributed by atoms with Gasteiger partial charge in [-0.3, -0.25) is 0 Å². The Morgan fingerprint density at radius 1 is 1.00 bits per heavy atom. The first-order chi connectivity index (χ1) is 9.78. The van der Waals surface area contributed by atoms with Crippen LogP contribution < -0.4 is 15.2 Å². The number of ether oxygens (including phenoxy) is 2. The highest BCUT2D eigenvalue weighted by molar-refractivity contribution is 5.83. The van der Waals surface area contributed by atoms with Crippen molar-refractivity contribution in [1.82, 2.24) is 9.97 Å². The van der Waals surface area contributed by atoms with Gasteiger partial charge in [-0.1, -0.05) is 30.3 Å². The van der Waals surface area contributed by atoms with E-state index >= 15 is 0 Å². The Hall–Kier alpha value is -2.82. The molecule has 0 bridgehead atoms. The molecule has 3 aromatic rings. The van der Waals surface area contributed by atoms with Crippen molar-refractivity contribution in [2.75, 3.05) is 12.8 Å². The summed E-state index contributed by atoms with van der Waals surface area (Å²) in [7, 11) is 1.50. The summed E-state index contributed by atoms with van der Waals surface area (Å²) in [5, 5.41) is 2.24. The molecule has 0 aliphatic heterocycles. The van der Waals surface area contributed by atoms with Crippen LogP contribution in [0.1, 0.15) is 0 Å². The highest BCUT2D eigenvalue weighted by Gasteiger charge is 2.12. The molecule has 0 amide bonds. The number of nitrogen functional groups attached to an aromatic ring is 1. The molecule has 100 valence electrons. The Morgan fingerprint density at radius 3 is 2.60 bits per heavy atom. The zero-order chi connectivity index (χ0) is 13.9. The van der Waals surface area contributed by atoms with Gasteiger partial charge in [-0.25, -0.2) is 4.98 Å². The van der Waals surface area contributed by atoms with E-state index in [9.17, 15) is 0 Å². The third kappa shape index (κ3) is 2.21. The lowest BCUT2D eigenvalue weighted by molar-refractivity contribution is 0.369. The lowest BCUT2D eigenvalue weighted by Crippen LogP contribution is -2.00. The molecule has 0 fully saturated rings. The molecule has 0 aliphatic rings. The van der Waals surface area contributed by atoms with Crippen LogP contribution >= 0.6 is 0 Å². The molecule has 2 N–H and O–H groups in total. The number of hydrogen-bond donors (Lipinski definition) is 1. The van der Waals surface area contributed by atoms with Gasteiger partial charge in [0.1, 0.15) is 12.1 Å². The maximum atomic E-state index is 5.73. The van der Waals surface area contributed by atoms with Crippen molar-refractivity contribution in [2.24, 2.45) is 0 Å². The summed E-state index contributed by atoms with van der Waals surface area (Å²) in [6.45, 7) is 0. The first kappa shape index (κ1) is 12.2. The van der Waals surface area contributed by atoms with E-state index in [1.807, 2.05) is 42.5 Å². The van der Waals surface area contributed by atoms with Gasteiger partial charge in [0.25, 0.3) is 5.88 Å². The predicted molar refractivity (Wildman–Crippen MR) is 77.0 cm³/mol. The zero-order valence-corrected chi connectivity index (χ0v) is 10.9. The molecule has 0 saturated carbocycles. The van der Waals surface area contributed by atoms with Crippen molar-refractivity contribution in [2.45, 2.75) is 0 Å². The minimum atomic E-state index is 0.248. The molecule has 0 atom stereocenters. The van der Waals surface area contributed by atoms with Crippen LogP contribution in [0.2, 0.25) is 0 Å². The van der Waals surface area contributed by atoms with Gasteiger partial charge >= 0.3 is 0 Å². The van der Waals surface area contributed by atoms with Gasteiger partial charge in [0, 0.05) is 0 Å². The molecule has 3 rings (SSSR count). The minimum absolute atomic E-state index is 0.248.